The smallest absolute Gasteiger partial charge is 0.0285 e. The van der Waals surface area contributed by atoms with E-state index in [0.717, 1.165) is 19.6 Å². The zero-order valence-corrected chi connectivity index (χ0v) is 6.88. The van der Waals surface area contributed by atoms with Crippen LogP contribution in [0.3, 0.4) is 0 Å². The van der Waals surface area contributed by atoms with Gasteiger partial charge in [-0.25, -0.2) is 5.01 Å². The molecule has 3 heteroatoms. The fourth-order valence-corrected chi connectivity index (χ4v) is 1.41. The van der Waals surface area contributed by atoms with Crippen LogP contribution in [0.5, 0.6) is 0 Å². The Kier molecular flexibility index (Phi) is 2.65. The highest BCUT2D eigenvalue weighted by Gasteiger charge is 2.19. The summed E-state index contributed by atoms with van der Waals surface area (Å²) < 4.78 is 0. The van der Waals surface area contributed by atoms with Gasteiger partial charge in [0, 0.05) is 25.7 Å². The minimum atomic E-state index is 0.666. The Morgan fingerprint density at radius 3 is 2.70 bits per heavy atom. The Hall–Kier alpha value is -0.120. The summed E-state index contributed by atoms with van der Waals surface area (Å²) in [6.45, 7) is 5.34. The number of hydrazine groups is 1. The number of likely N-dealkylation sites (N-methyl/N-ethyl adjacent to an activating group) is 1. The van der Waals surface area contributed by atoms with Gasteiger partial charge in [0.2, 0.25) is 0 Å². The minimum Gasteiger partial charge on any atom is -0.301 e. The molecule has 3 nitrogen and oxygen atoms in total. The number of nitrogens with two attached hydrogens (primary N) is 1. The summed E-state index contributed by atoms with van der Waals surface area (Å²) in [7, 11) is 2.17. The van der Waals surface area contributed by atoms with Gasteiger partial charge in [-0.05, 0) is 13.5 Å². The fraction of sp³-hybridized carbons (Fsp3) is 1.00. The van der Waals surface area contributed by atoms with Crippen LogP contribution in [0, 0.1) is 0 Å². The fourth-order valence-electron chi connectivity index (χ4n) is 1.41. The van der Waals surface area contributed by atoms with Crippen LogP contribution < -0.4 is 5.84 Å². The Bertz CT molecular complexity index is 105. The van der Waals surface area contributed by atoms with Crippen molar-refractivity contribution in [3.8, 4) is 0 Å². The van der Waals surface area contributed by atoms with Crippen molar-refractivity contribution in [3.05, 3.63) is 0 Å². The van der Waals surface area contributed by atoms with E-state index in [9.17, 15) is 0 Å². The van der Waals surface area contributed by atoms with Gasteiger partial charge in [-0.15, -0.1) is 0 Å². The Balaban J connectivity index is 2.38. The van der Waals surface area contributed by atoms with Crippen molar-refractivity contribution in [1.29, 1.82) is 0 Å². The zero-order valence-electron chi connectivity index (χ0n) is 6.88. The molecular weight excluding hydrogens is 126 g/mol. The molecule has 1 atom stereocenters. The highest BCUT2D eigenvalue weighted by atomic mass is 15.4. The molecule has 0 aliphatic carbocycles. The third-order valence-corrected chi connectivity index (χ3v) is 2.28. The maximum atomic E-state index is 5.67. The van der Waals surface area contributed by atoms with Crippen LogP contribution >= 0.6 is 0 Å². The SMILES string of the molecule is CCC1CN(N)CCN1C. The standard InChI is InChI=1S/C7H17N3/c1-3-7-6-10(8)5-4-9(7)2/h7H,3-6,8H2,1-2H3. The van der Waals surface area contributed by atoms with Gasteiger partial charge in [-0.1, -0.05) is 6.92 Å². The lowest BCUT2D eigenvalue weighted by atomic mass is 10.1. The first kappa shape index (κ1) is 7.98. The first-order chi connectivity index (χ1) is 4.74. The molecule has 10 heavy (non-hydrogen) atoms. The van der Waals surface area contributed by atoms with Gasteiger partial charge in [0.1, 0.15) is 0 Å². The van der Waals surface area contributed by atoms with E-state index in [1.165, 1.54) is 6.42 Å². The minimum absolute atomic E-state index is 0.666. The molecule has 1 aliphatic rings. The summed E-state index contributed by atoms with van der Waals surface area (Å²) in [5.74, 6) is 5.67. The molecule has 0 radical (unpaired) electrons. The second-order valence-electron chi connectivity index (χ2n) is 3.04. The molecule has 1 rings (SSSR count). The van der Waals surface area contributed by atoms with Gasteiger partial charge >= 0.3 is 0 Å². The summed E-state index contributed by atoms with van der Waals surface area (Å²) in [4.78, 5) is 2.38. The molecule has 1 unspecified atom stereocenters. The van der Waals surface area contributed by atoms with E-state index >= 15 is 0 Å². The van der Waals surface area contributed by atoms with Gasteiger partial charge in [-0.3, -0.25) is 5.84 Å². The zero-order chi connectivity index (χ0) is 7.56. The molecule has 0 amide bonds. The molecular formula is C7H17N3. The molecule has 0 spiro atoms. The van der Waals surface area contributed by atoms with Gasteiger partial charge in [0.05, 0.1) is 0 Å². The van der Waals surface area contributed by atoms with E-state index in [-0.39, 0.29) is 0 Å². The van der Waals surface area contributed by atoms with E-state index < -0.39 is 0 Å². The number of piperazine rings is 1. The van der Waals surface area contributed by atoms with Crippen LogP contribution in [0.4, 0.5) is 0 Å². The van der Waals surface area contributed by atoms with E-state index in [2.05, 4.69) is 18.9 Å². The molecule has 1 fully saturated rings. The van der Waals surface area contributed by atoms with Gasteiger partial charge < -0.3 is 4.90 Å². The van der Waals surface area contributed by atoms with Crippen molar-refractivity contribution in [2.75, 3.05) is 26.7 Å². The van der Waals surface area contributed by atoms with Crippen LogP contribution in [-0.2, 0) is 0 Å². The predicted molar refractivity (Wildman–Crippen MR) is 42.5 cm³/mol. The number of hydrogen-bond acceptors (Lipinski definition) is 3. The first-order valence-electron chi connectivity index (χ1n) is 3.94. The Labute approximate surface area is 62.8 Å². The number of nitrogens with zero attached hydrogens (tertiary/aromatic N) is 2. The van der Waals surface area contributed by atoms with Crippen molar-refractivity contribution in [2.45, 2.75) is 19.4 Å². The summed E-state index contributed by atoms with van der Waals surface area (Å²) in [6.07, 6.45) is 1.20. The monoisotopic (exact) mass is 143 g/mol. The maximum Gasteiger partial charge on any atom is 0.0285 e. The highest BCUT2D eigenvalue weighted by molar-refractivity contribution is 4.75. The molecule has 1 saturated heterocycles. The molecule has 0 aromatic rings. The lowest BCUT2D eigenvalue weighted by Gasteiger charge is -2.36. The maximum absolute atomic E-state index is 5.67. The Morgan fingerprint density at radius 2 is 2.20 bits per heavy atom. The van der Waals surface area contributed by atoms with E-state index in [1.54, 1.807) is 0 Å². The average Bonchev–Trinajstić information content (AvgIpc) is 1.94. The molecule has 0 bridgehead atoms. The van der Waals surface area contributed by atoms with E-state index in [1.807, 2.05) is 5.01 Å². The normalized spacial score (nSPS) is 30.9. The van der Waals surface area contributed by atoms with Gasteiger partial charge in [-0.2, -0.15) is 0 Å². The van der Waals surface area contributed by atoms with E-state index in [0.29, 0.717) is 6.04 Å². The Morgan fingerprint density at radius 1 is 1.50 bits per heavy atom. The second-order valence-corrected chi connectivity index (χ2v) is 3.04. The lowest BCUT2D eigenvalue weighted by Crippen LogP contribution is -2.53. The summed E-state index contributed by atoms with van der Waals surface area (Å²) in [6, 6.07) is 0.666. The first-order valence-corrected chi connectivity index (χ1v) is 3.94. The van der Waals surface area contributed by atoms with Crippen molar-refractivity contribution < 1.29 is 0 Å². The van der Waals surface area contributed by atoms with Crippen LogP contribution in [0.1, 0.15) is 13.3 Å². The molecule has 1 heterocycles. The molecule has 60 valence electrons. The summed E-state index contributed by atoms with van der Waals surface area (Å²) in [5, 5.41) is 1.91. The quantitative estimate of drug-likeness (QED) is 0.520. The van der Waals surface area contributed by atoms with Crippen LogP contribution in [0.2, 0.25) is 0 Å². The van der Waals surface area contributed by atoms with Crippen molar-refractivity contribution in [1.82, 2.24) is 9.91 Å². The van der Waals surface area contributed by atoms with Crippen molar-refractivity contribution in [2.24, 2.45) is 5.84 Å². The van der Waals surface area contributed by atoms with Crippen LogP contribution in [0.25, 0.3) is 0 Å². The third kappa shape index (κ3) is 1.68. The van der Waals surface area contributed by atoms with Crippen LogP contribution in [-0.4, -0.2) is 42.6 Å². The highest BCUT2D eigenvalue weighted by Crippen LogP contribution is 2.06. The van der Waals surface area contributed by atoms with Gasteiger partial charge in [0.25, 0.3) is 0 Å². The lowest BCUT2D eigenvalue weighted by molar-refractivity contribution is 0.0939. The van der Waals surface area contributed by atoms with Crippen molar-refractivity contribution in [3.63, 3.8) is 0 Å². The summed E-state index contributed by atoms with van der Waals surface area (Å²) in [5.41, 5.74) is 0. The largest absolute Gasteiger partial charge is 0.301 e. The number of rotatable bonds is 1. The third-order valence-electron chi connectivity index (χ3n) is 2.28. The second kappa shape index (κ2) is 3.32. The average molecular weight is 143 g/mol. The topological polar surface area (TPSA) is 32.5 Å². The number of hydrogen-bond donors (Lipinski definition) is 1. The molecule has 2 N–H and O–H groups in total. The molecule has 1 aliphatic heterocycles. The molecule has 0 saturated carbocycles. The van der Waals surface area contributed by atoms with Gasteiger partial charge in [0.15, 0.2) is 0 Å². The summed E-state index contributed by atoms with van der Waals surface area (Å²) >= 11 is 0. The molecule has 0 aromatic heterocycles. The van der Waals surface area contributed by atoms with Crippen LogP contribution in [0.15, 0.2) is 0 Å². The predicted octanol–water partition coefficient (Wildman–Crippen LogP) is -0.114. The van der Waals surface area contributed by atoms with E-state index in [4.69, 9.17) is 5.84 Å². The van der Waals surface area contributed by atoms with Crippen molar-refractivity contribution >= 4 is 0 Å². The molecule has 0 aromatic carbocycles.